The van der Waals surface area contributed by atoms with Crippen molar-refractivity contribution in [3.63, 3.8) is 0 Å². The van der Waals surface area contributed by atoms with E-state index in [9.17, 15) is 4.79 Å². The molecule has 0 amide bonds. The molecule has 1 saturated heterocycles. The maximum Gasteiger partial charge on any atom is 0.310 e. The molecular formula is C14H19NO2. The molecule has 0 aromatic heterocycles. The van der Waals surface area contributed by atoms with Gasteiger partial charge in [0.25, 0.3) is 0 Å². The molecule has 0 spiro atoms. The van der Waals surface area contributed by atoms with E-state index in [0.717, 1.165) is 31.5 Å². The Labute approximate surface area is 102 Å². The molecule has 1 unspecified atom stereocenters. The molecule has 0 bridgehead atoms. The molecule has 17 heavy (non-hydrogen) atoms. The average Bonchev–Trinajstić information content (AvgIpc) is 2.37. The highest BCUT2D eigenvalue weighted by Gasteiger charge is 2.24. The van der Waals surface area contributed by atoms with E-state index in [4.69, 9.17) is 4.74 Å². The van der Waals surface area contributed by atoms with Crippen LogP contribution in [0.25, 0.3) is 0 Å². The number of piperidine rings is 1. The van der Waals surface area contributed by atoms with Crippen LogP contribution in [0.1, 0.15) is 18.4 Å². The van der Waals surface area contributed by atoms with Crippen LogP contribution in [0.2, 0.25) is 0 Å². The van der Waals surface area contributed by atoms with Crippen LogP contribution in [0.15, 0.2) is 30.3 Å². The Morgan fingerprint density at radius 1 is 1.41 bits per heavy atom. The van der Waals surface area contributed by atoms with E-state index in [0.29, 0.717) is 6.61 Å². The van der Waals surface area contributed by atoms with E-state index in [2.05, 4.69) is 11.9 Å². The second-order valence-electron chi connectivity index (χ2n) is 4.69. The van der Waals surface area contributed by atoms with Crippen molar-refractivity contribution in [1.82, 2.24) is 4.90 Å². The van der Waals surface area contributed by atoms with Gasteiger partial charge in [0, 0.05) is 6.54 Å². The Morgan fingerprint density at radius 2 is 2.18 bits per heavy atom. The highest BCUT2D eigenvalue weighted by molar-refractivity contribution is 5.72. The number of benzene rings is 1. The van der Waals surface area contributed by atoms with Gasteiger partial charge in [0.05, 0.1) is 5.92 Å². The quantitative estimate of drug-likeness (QED) is 0.749. The Kier molecular flexibility index (Phi) is 4.15. The standard InChI is InChI=1S/C14H19NO2/c1-15-9-5-8-13(10-15)14(16)17-11-12-6-3-2-4-7-12/h2-4,6-7,13H,5,8-11H2,1H3. The molecular weight excluding hydrogens is 214 g/mol. The van der Waals surface area contributed by atoms with Crippen LogP contribution >= 0.6 is 0 Å². The monoisotopic (exact) mass is 233 g/mol. The van der Waals surface area contributed by atoms with E-state index >= 15 is 0 Å². The summed E-state index contributed by atoms with van der Waals surface area (Å²) in [4.78, 5) is 14.1. The third-order valence-corrected chi connectivity index (χ3v) is 3.18. The molecule has 1 aliphatic heterocycles. The Balaban J connectivity index is 1.81. The van der Waals surface area contributed by atoms with Crippen LogP contribution in [-0.2, 0) is 16.1 Å². The van der Waals surface area contributed by atoms with Gasteiger partial charge in [-0.3, -0.25) is 4.79 Å². The normalized spacial score (nSPS) is 21.1. The first-order valence-corrected chi connectivity index (χ1v) is 6.15. The lowest BCUT2D eigenvalue weighted by Crippen LogP contribution is -2.36. The number of hydrogen-bond acceptors (Lipinski definition) is 3. The third-order valence-electron chi connectivity index (χ3n) is 3.18. The summed E-state index contributed by atoms with van der Waals surface area (Å²) in [6.45, 7) is 2.30. The fraction of sp³-hybridized carbons (Fsp3) is 0.500. The molecule has 1 heterocycles. The molecule has 1 aliphatic rings. The number of esters is 1. The average molecular weight is 233 g/mol. The largest absolute Gasteiger partial charge is 0.461 e. The molecule has 0 aliphatic carbocycles. The van der Waals surface area contributed by atoms with Gasteiger partial charge in [-0.25, -0.2) is 0 Å². The maximum absolute atomic E-state index is 11.9. The highest BCUT2D eigenvalue weighted by Crippen LogP contribution is 2.17. The fourth-order valence-electron chi connectivity index (χ4n) is 2.21. The maximum atomic E-state index is 11.9. The van der Waals surface area contributed by atoms with Crippen molar-refractivity contribution >= 4 is 5.97 Å². The van der Waals surface area contributed by atoms with Crippen molar-refractivity contribution in [1.29, 1.82) is 0 Å². The molecule has 1 aromatic rings. The minimum atomic E-state index is -0.0552. The highest BCUT2D eigenvalue weighted by atomic mass is 16.5. The summed E-state index contributed by atoms with van der Waals surface area (Å²) in [5.41, 5.74) is 1.05. The van der Waals surface area contributed by atoms with Crippen LogP contribution in [0, 0.1) is 5.92 Å². The number of carbonyl (C=O) groups excluding carboxylic acids is 1. The van der Waals surface area contributed by atoms with Gasteiger partial charge in [0.15, 0.2) is 0 Å². The number of hydrogen-bond donors (Lipinski definition) is 0. The van der Waals surface area contributed by atoms with Crippen molar-refractivity contribution in [2.45, 2.75) is 19.4 Å². The number of nitrogens with zero attached hydrogens (tertiary/aromatic N) is 1. The first-order chi connectivity index (χ1) is 8.25. The molecule has 92 valence electrons. The first-order valence-electron chi connectivity index (χ1n) is 6.15. The van der Waals surface area contributed by atoms with Crippen molar-refractivity contribution in [3.8, 4) is 0 Å². The summed E-state index contributed by atoms with van der Waals surface area (Å²) in [7, 11) is 2.05. The minimum absolute atomic E-state index is 0.0532. The SMILES string of the molecule is CN1CCCC(C(=O)OCc2ccccc2)C1. The summed E-state index contributed by atoms with van der Waals surface area (Å²) < 4.78 is 5.35. The number of ether oxygens (including phenoxy) is 1. The van der Waals surface area contributed by atoms with E-state index in [-0.39, 0.29) is 11.9 Å². The zero-order valence-corrected chi connectivity index (χ0v) is 10.3. The van der Waals surface area contributed by atoms with Gasteiger partial charge in [0.1, 0.15) is 6.61 Å². The first kappa shape index (κ1) is 12.1. The van der Waals surface area contributed by atoms with E-state index < -0.39 is 0 Å². The zero-order chi connectivity index (χ0) is 12.1. The predicted molar refractivity (Wildman–Crippen MR) is 66.5 cm³/mol. The number of rotatable bonds is 3. The van der Waals surface area contributed by atoms with Gasteiger partial charge in [-0.15, -0.1) is 0 Å². The summed E-state index contributed by atoms with van der Waals surface area (Å²) in [6, 6.07) is 9.82. The van der Waals surface area contributed by atoms with Crippen molar-refractivity contribution in [2.24, 2.45) is 5.92 Å². The van der Waals surface area contributed by atoms with Gasteiger partial charge < -0.3 is 9.64 Å². The second-order valence-corrected chi connectivity index (χ2v) is 4.69. The van der Waals surface area contributed by atoms with Crippen LogP contribution in [-0.4, -0.2) is 31.0 Å². The van der Waals surface area contributed by atoms with Crippen molar-refractivity contribution in [2.75, 3.05) is 20.1 Å². The predicted octanol–water partition coefficient (Wildman–Crippen LogP) is 2.07. The summed E-state index contributed by atoms with van der Waals surface area (Å²) in [5, 5.41) is 0. The summed E-state index contributed by atoms with van der Waals surface area (Å²) in [5.74, 6) is -0.00198. The van der Waals surface area contributed by atoms with Crippen LogP contribution in [0.3, 0.4) is 0 Å². The van der Waals surface area contributed by atoms with Gasteiger partial charge in [0.2, 0.25) is 0 Å². The molecule has 1 aromatic carbocycles. The molecule has 3 heteroatoms. The lowest BCUT2D eigenvalue weighted by atomic mass is 9.99. The van der Waals surface area contributed by atoms with Gasteiger partial charge >= 0.3 is 5.97 Å². The molecule has 1 fully saturated rings. The van der Waals surface area contributed by atoms with Crippen LogP contribution in [0.5, 0.6) is 0 Å². The number of likely N-dealkylation sites (tertiary alicyclic amines) is 1. The van der Waals surface area contributed by atoms with E-state index in [1.807, 2.05) is 30.3 Å². The van der Waals surface area contributed by atoms with Crippen molar-refractivity contribution < 1.29 is 9.53 Å². The van der Waals surface area contributed by atoms with Gasteiger partial charge in [-0.1, -0.05) is 30.3 Å². The van der Waals surface area contributed by atoms with Crippen LogP contribution in [0.4, 0.5) is 0 Å². The summed E-state index contributed by atoms with van der Waals surface area (Å²) >= 11 is 0. The van der Waals surface area contributed by atoms with Gasteiger partial charge in [-0.2, -0.15) is 0 Å². The Morgan fingerprint density at radius 3 is 2.88 bits per heavy atom. The minimum Gasteiger partial charge on any atom is -0.461 e. The molecule has 1 atom stereocenters. The molecule has 0 saturated carbocycles. The third kappa shape index (κ3) is 3.56. The number of carbonyl (C=O) groups is 1. The van der Waals surface area contributed by atoms with Gasteiger partial charge in [-0.05, 0) is 32.0 Å². The topological polar surface area (TPSA) is 29.5 Å². The fourth-order valence-corrected chi connectivity index (χ4v) is 2.21. The summed E-state index contributed by atoms with van der Waals surface area (Å²) in [6.07, 6.45) is 2.04. The molecule has 0 radical (unpaired) electrons. The smallest absolute Gasteiger partial charge is 0.310 e. The molecule has 0 N–H and O–H groups in total. The van der Waals surface area contributed by atoms with Crippen LogP contribution < -0.4 is 0 Å². The van der Waals surface area contributed by atoms with E-state index in [1.165, 1.54) is 0 Å². The van der Waals surface area contributed by atoms with Crippen molar-refractivity contribution in [3.05, 3.63) is 35.9 Å². The lowest BCUT2D eigenvalue weighted by molar-refractivity contribution is -0.151. The Bertz CT molecular complexity index is 364. The van der Waals surface area contributed by atoms with E-state index in [1.54, 1.807) is 0 Å². The molecule has 2 rings (SSSR count). The zero-order valence-electron chi connectivity index (χ0n) is 10.3. The lowest BCUT2D eigenvalue weighted by Gasteiger charge is -2.28. The molecule has 3 nitrogen and oxygen atoms in total. The second kappa shape index (κ2) is 5.82. The Hall–Kier alpha value is -1.35.